The third-order valence-corrected chi connectivity index (χ3v) is 0.902. The van der Waals surface area contributed by atoms with Gasteiger partial charge in [0.25, 0.3) is 0 Å². The van der Waals surface area contributed by atoms with Gasteiger partial charge in [-0.05, 0) is 6.42 Å². The lowest BCUT2D eigenvalue weighted by atomic mass is 10.2. The molecule has 62 valence electrons. The molecule has 10 heavy (non-hydrogen) atoms. The molecule has 0 aliphatic rings. The lowest BCUT2D eigenvalue weighted by Crippen LogP contribution is -2.26. The predicted molar refractivity (Wildman–Crippen MR) is 32.5 cm³/mol. The summed E-state index contributed by atoms with van der Waals surface area (Å²) in [4.78, 5) is 0. The summed E-state index contributed by atoms with van der Waals surface area (Å²) < 4.78 is 36.4. The fraction of sp³-hybridized carbons (Fsp3) is 1.00. The Labute approximate surface area is 57.1 Å². The minimum Gasteiger partial charge on any atom is -0.593 e. The molecule has 6 heteroatoms. The van der Waals surface area contributed by atoms with Gasteiger partial charge in [0.2, 0.25) is 0 Å². The van der Waals surface area contributed by atoms with Crippen LogP contribution in [0.3, 0.4) is 0 Å². The molecule has 0 unspecified atom stereocenters. The van der Waals surface area contributed by atoms with Gasteiger partial charge in [0.1, 0.15) is 6.61 Å². The molecule has 0 aliphatic heterocycles. The van der Waals surface area contributed by atoms with Gasteiger partial charge in [-0.2, -0.15) is 0 Å². The van der Waals surface area contributed by atoms with E-state index in [0.717, 1.165) is 0 Å². The molecule has 0 aromatic heterocycles. The van der Waals surface area contributed by atoms with Crippen molar-refractivity contribution in [2.45, 2.75) is 12.8 Å². The molecule has 0 fully saturated rings. The van der Waals surface area contributed by atoms with Crippen molar-refractivity contribution in [2.24, 2.45) is 0 Å². The van der Waals surface area contributed by atoms with Crippen LogP contribution in [0.4, 0.5) is 12.9 Å². The Morgan fingerprint density at radius 2 is 1.80 bits per heavy atom. The summed E-state index contributed by atoms with van der Waals surface area (Å²) in [5, 5.41) is 8.18. The van der Waals surface area contributed by atoms with Crippen LogP contribution in [0.2, 0.25) is 0 Å². The number of hydrogen-bond donors (Lipinski definition) is 1. The topological polar surface area (TPSA) is 33.0 Å². The van der Waals surface area contributed by atoms with E-state index in [-0.39, 0.29) is 13.2 Å². The highest BCUT2D eigenvalue weighted by Crippen LogP contribution is 2.06. The molecule has 0 bridgehead atoms. The van der Waals surface area contributed by atoms with Crippen molar-refractivity contribution < 1.29 is 22.7 Å². The van der Waals surface area contributed by atoms with Crippen molar-refractivity contribution in [3.8, 4) is 0 Å². The molecule has 0 aliphatic carbocycles. The van der Waals surface area contributed by atoms with E-state index in [1.165, 1.54) is 0 Å². The summed E-state index contributed by atoms with van der Waals surface area (Å²) in [5.41, 5.74) is 0. The van der Waals surface area contributed by atoms with Crippen LogP contribution in [0.25, 0.3) is 0 Å². The fourth-order valence-corrected chi connectivity index (χ4v) is 0.461. The SMILES string of the molecule is OCCCC[OH+][B-](F)(F)F. The molecule has 2 nitrogen and oxygen atoms in total. The van der Waals surface area contributed by atoms with E-state index in [9.17, 15) is 12.9 Å². The molecule has 0 heterocycles. The van der Waals surface area contributed by atoms with Crippen LogP contribution >= 0.6 is 0 Å². The number of unbranched alkanes of at least 4 members (excludes halogenated alkanes) is 1. The van der Waals surface area contributed by atoms with E-state index in [0.29, 0.717) is 12.8 Å². The van der Waals surface area contributed by atoms with Crippen LogP contribution in [0, 0.1) is 0 Å². The summed E-state index contributed by atoms with van der Waals surface area (Å²) in [7, 11) is -4.97. The van der Waals surface area contributed by atoms with Gasteiger partial charge in [0.15, 0.2) is 0 Å². The second-order valence-electron chi connectivity index (χ2n) is 1.88. The molecular formula is C4H10BF3O2. The first kappa shape index (κ1) is 9.77. The number of rotatable bonds is 5. The molecule has 0 rings (SSSR count). The first-order valence-electron chi connectivity index (χ1n) is 3.05. The molecule has 0 saturated carbocycles. The van der Waals surface area contributed by atoms with E-state index < -0.39 is 7.18 Å². The Morgan fingerprint density at radius 3 is 2.20 bits per heavy atom. The van der Waals surface area contributed by atoms with Crippen LogP contribution in [0.1, 0.15) is 12.8 Å². The minimum atomic E-state index is -4.97. The van der Waals surface area contributed by atoms with Crippen LogP contribution in [0.5, 0.6) is 0 Å². The molecule has 0 aromatic rings. The maximum absolute atomic E-state index is 11.3. The van der Waals surface area contributed by atoms with Crippen LogP contribution in [-0.4, -0.2) is 30.2 Å². The predicted octanol–water partition coefficient (Wildman–Crippen LogP) is 0.631. The lowest BCUT2D eigenvalue weighted by molar-refractivity contribution is 0.0310. The standard InChI is InChI=1S/C4H10BF3O2/c6-5(7,8)10-4-2-1-3-9/h9-10H,1-4H2. The van der Waals surface area contributed by atoms with Gasteiger partial charge in [-0.25, -0.2) is 0 Å². The Morgan fingerprint density at radius 1 is 1.20 bits per heavy atom. The lowest BCUT2D eigenvalue weighted by Gasteiger charge is -2.09. The van der Waals surface area contributed by atoms with E-state index >= 15 is 0 Å². The first-order valence-corrected chi connectivity index (χ1v) is 3.05. The minimum absolute atomic E-state index is 0.0691. The van der Waals surface area contributed by atoms with Gasteiger partial charge < -0.3 is 22.7 Å². The molecule has 0 aromatic carbocycles. The Hall–Kier alpha value is -0.225. The first-order chi connectivity index (χ1) is 4.56. The number of aliphatic hydroxyl groups excluding tert-OH is 1. The molecule has 0 amide bonds. The smallest absolute Gasteiger partial charge is 0.593 e. The Balaban J connectivity index is 3.04. The van der Waals surface area contributed by atoms with Crippen molar-refractivity contribution in [2.75, 3.05) is 13.2 Å². The maximum atomic E-state index is 11.3. The molecule has 0 radical (unpaired) electrons. The second-order valence-corrected chi connectivity index (χ2v) is 1.88. The van der Waals surface area contributed by atoms with E-state index in [4.69, 9.17) is 5.11 Å². The third-order valence-electron chi connectivity index (χ3n) is 0.902. The van der Waals surface area contributed by atoms with E-state index in [2.05, 4.69) is 4.65 Å². The largest absolute Gasteiger partial charge is 0.842 e. The van der Waals surface area contributed by atoms with Crippen LogP contribution in [-0.2, 0) is 0 Å². The zero-order valence-corrected chi connectivity index (χ0v) is 5.43. The van der Waals surface area contributed by atoms with Crippen molar-refractivity contribution >= 4 is 7.18 Å². The monoisotopic (exact) mass is 158 g/mol. The normalized spacial score (nSPS) is 12.0. The van der Waals surface area contributed by atoms with E-state index in [1.54, 1.807) is 0 Å². The van der Waals surface area contributed by atoms with Crippen LogP contribution < -0.4 is 0 Å². The van der Waals surface area contributed by atoms with Gasteiger partial charge in [-0.3, -0.25) is 0 Å². The summed E-state index contributed by atoms with van der Waals surface area (Å²) in [5.74, 6) is 0. The highest BCUT2D eigenvalue weighted by Gasteiger charge is 2.37. The quantitative estimate of drug-likeness (QED) is 0.355. The fourth-order valence-electron chi connectivity index (χ4n) is 0.461. The van der Waals surface area contributed by atoms with Crippen LogP contribution in [0.15, 0.2) is 0 Å². The molecule has 0 spiro atoms. The summed E-state index contributed by atoms with van der Waals surface area (Å²) in [6, 6.07) is 0. The van der Waals surface area contributed by atoms with Gasteiger partial charge in [0, 0.05) is 13.0 Å². The zero-order valence-electron chi connectivity index (χ0n) is 5.43. The Kier molecular flexibility index (Phi) is 4.47. The molecule has 2 N–H and O–H groups in total. The second kappa shape index (κ2) is 4.57. The molecular weight excluding hydrogens is 148 g/mol. The number of aliphatic hydroxyl groups is 2. The Bertz CT molecular complexity index is 85.1. The molecule has 0 saturated heterocycles. The zero-order chi connectivity index (χ0) is 8.04. The third kappa shape index (κ3) is 7.77. The number of halogens is 3. The summed E-state index contributed by atoms with van der Waals surface area (Å²) in [6.07, 6.45) is 0.688. The summed E-state index contributed by atoms with van der Waals surface area (Å²) >= 11 is 0. The average Bonchev–Trinajstić information content (AvgIpc) is 1.78. The van der Waals surface area contributed by atoms with Crippen molar-refractivity contribution in [3.63, 3.8) is 0 Å². The highest BCUT2D eigenvalue weighted by molar-refractivity contribution is 6.50. The highest BCUT2D eigenvalue weighted by atomic mass is 19.4. The van der Waals surface area contributed by atoms with Crippen molar-refractivity contribution in [3.05, 3.63) is 0 Å². The van der Waals surface area contributed by atoms with E-state index in [1.807, 2.05) is 0 Å². The van der Waals surface area contributed by atoms with Crippen molar-refractivity contribution in [1.82, 2.24) is 0 Å². The molecule has 0 atom stereocenters. The average molecular weight is 158 g/mol. The van der Waals surface area contributed by atoms with Gasteiger partial charge in [0.05, 0.1) is 0 Å². The van der Waals surface area contributed by atoms with Gasteiger partial charge >= 0.3 is 7.18 Å². The summed E-state index contributed by atoms with van der Waals surface area (Å²) in [6.45, 7) is -0.287. The van der Waals surface area contributed by atoms with Crippen molar-refractivity contribution in [1.29, 1.82) is 0 Å². The number of hydrogen-bond acceptors (Lipinski definition) is 1. The van der Waals surface area contributed by atoms with Gasteiger partial charge in [-0.1, -0.05) is 0 Å². The van der Waals surface area contributed by atoms with Gasteiger partial charge in [-0.15, -0.1) is 0 Å². The maximum Gasteiger partial charge on any atom is 0.842 e.